The van der Waals surface area contributed by atoms with Crippen LogP contribution in [-0.4, -0.2) is 20.3 Å². The second-order valence-corrected chi connectivity index (χ2v) is 6.09. The number of aromatic nitrogens is 3. The number of fused-ring (bicyclic) bond motifs is 1. The van der Waals surface area contributed by atoms with Crippen molar-refractivity contribution in [3.8, 4) is 0 Å². The fraction of sp³-hybridized carbons (Fsp3) is 0.235. The van der Waals surface area contributed by atoms with E-state index in [1.165, 1.54) is 6.20 Å². The number of carbonyl (C=O) groups is 1. The molecule has 7 heteroatoms. The average molecular weight is 345 g/mol. The maximum atomic E-state index is 12.5. The van der Waals surface area contributed by atoms with Gasteiger partial charge in [-0.15, -0.1) is 0 Å². The van der Waals surface area contributed by atoms with Gasteiger partial charge in [-0.2, -0.15) is 5.10 Å². The van der Waals surface area contributed by atoms with Crippen molar-refractivity contribution in [2.75, 3.05) is 0 Å². The van der Waals surface area contributed by atoms with Gasteiger partial charge in [-0.1, -0.05) is 23.7 Å². The summed E-state index contributed by atoms with van der Waals surface area (Å²) in [5.41, 5.74) is 2.24. The van der Waals surface area contributed by atoms with E-state index in [4.69, 9.17) is 11.6 Å². The number of hydrogen-bond donors (Lipinski definition) is 0. The van der Waals surface area contributed by atoms with Gasteiger partial charge in [-0.3, -0.25) is 4.79 Å². The third kappa shape index (κ3) is 2.80. The van der Waals surface area contributed by atoms with E-state index in [-0.39, 0.29) is 0 Å². The van der Waals surface area contributed by atoms with Gasteiger partial charge in [-0.05, 0) is 31.5 Å². The normalized spacial score (nSPS) is 11.1. The number of carboxylic acid groups (broad SMARTS) is 1. The summed E-state index contributed by atoms with van der Waals surface area (Å²) >= 11 is 6.03. The van der Waals surface area contributed by atoms with E-state index < -0.39 is 18.1 Å². The SMILES string of the molecule is Cc1c2cnn(CC(=O)[O-])c(=O)c2c(C)n1Cc1cccc(Cl)c1. The molecular formula is C17H15ClN3O3-. The summed E-state index contributed by atoms with van der Waals surface area (Å²) in [5.74, 6) is -1.35. The highest BCUT2D eigenvalue weighted by Crippen LogP contribution is 2.23. The quantitative estimate of drug-likeness (QED) is 0.713. The first-order valence-electron chi connectivity index (χ1n) is 7.38. The summed E-state index contributed by atoms with van der Waals surface area (Å²) in [4.78, 5) is 23.3. The molecule has 0 radical (unpaired) electrons. The van der Waals surface area contributed by atoms with E-state index in [0.717, 1.165) is 21.6 Å². The fourth-order valence-corrected chi connectivity index (χ4v) is 3.15. The summed E-state index contributed by atoms with van der Waals surface area (Å²) in [6.07, 6.45) is 1.52. The van der Waals surface area contributed by atoms with Crippen LogP contribution in [-0.2, 0) is 17.9 Å². The molecule has 1 aromatic carbocycles. The van der Waals surface area contributed by atoms with Gasteiger partial charge in [0.05, 0.1) is 24.1 Å². The van der Waals surface area contributed by atoms with Crippen molar-refractivity contribution in [1.29, 1.82) is 0 Å². The highest BCUT2D eigenvalue weighted by atomic mass is 35.5. The standard InChI is InChI=1S/C17H16ClN3O3/c1-10-14-7-19-21(9-15(22)23)17(24)16(14)11(2)20(10)8-12-4-3-5-13(18)6-12/h3-7H,8-9H2,1-2H3,(H,22,23)/p-1. The molecule has 0 spiro atoms. The summed E-state index contributed by atoms with van der Waals surface area (Å²) in [7, 11) is 0. The monoisotopic (exact) mass is 344 g/mol. The fourth-order valence-electron chi connectivity index (χ4n) is 2.93. The smallest absolute Gasteiger partial charge is 0.276 e. The van der Waals surface area contributed by atoms with Gasteiger partial charge in [0.2, 0.25) is 0 Å². The van der Waals surface area contributed by atoms with E-state index in [2.05, 4.69) is 5.10 Å². The molecule has 0 amide bonds. The second-order valence-electron chi connectivity index (χ2n) is 5.65. The van der Waals surface area contributed by atoms with Gasteiger partial charge in [0.15, 0.2) is 0 Å². The highest BCUT2D eigenvalue weighted by Gasteiger charge is 2.16. The molecule has 0 aliphatic rings. The van der Waals surface area contributed by atoms with E-state index in [9.17, 15) is 14.7 Å². The van der Waals surface area contributed by atoms with Crippen LogP contribution in [0.1, 0.15) is 17.0 Å². The van der Waals surface area contributed by atoms with Crippen LogP contribution in [0, 0.1) is 13.8 Å². The van der Waals surface area contributed by atoms with Crippen molar-refractivity contribution >= 4 is 28.3 Å². The molecule has 0 bridgehead atoms. The molecule has 0 atom stereocenters. The Balaban J connectivity index is 2.15. The van der Waals surface area contributed by atoms with Crippen LogP contribution in [0.3, 0.4) is 0 Å². The number of rotatable bonds is 4. The minimum atomic E-state index is -1.35. The largest absolute Gasteiger partial charge is 0.548 e. The predicted molar refractivity (Wildman–Crippen MR) is 89.0 cm³/mol. The van der Waals surface area contributed by atoms with Crippen molar-refractivity contribution in [2.45, 2.75) is 26.9 Å². The van der Waals surface area contributed by atoms with Crippen LogP contribution >= 0.6 is 11.6 Å². The molecule has 0 aliphatic carbocycles. The Morgan fingerprint density at radius 1 is 1.29 bits per heavy atom. The Morgan fingerprint density at radius 2 is 2.04 bits per heavy atom. The van der Waals surface area contributed by atoms with Crippen LogP contribution in [0.4, 0.5) is 0 Å². The molecule has 2 heterocycles. The van der Waals surface area contributed by atoms with Crippen LogP contribution in [0.25, 0.3) is 10.8 Å². The predicted octanol–water partition coefficient (Wildman–Crippen LogP) is 1.27. The lowest BCUT2D eigenvalue weighted by molar-refractivity contribution is -0.306. The molecule has 0 saturated heterocycles. The van der Waals surface area contributed by atoms with E-state index in [1.54, 1.807) is 6.07 Å². The molecule has 6 nitrogen and oxygen atoms in total. The number of carboxylic acids is 1. The molecular weight excluding hydrogens is 330 g/mol. The zero-order valence-corrected chi connectivity index (χ0v) is 14.0. The van der Waals surface area contributed by atoms with Gasteiger partial charge >= 0.3 is 0 Å². The van der Waals surface area contributed by atoms with Crippen LogP contribution < -0.4 is 10.7 Å². The van der Waals surface area contributed by atoms with Crippen molar-refractivity contribution in [2.24, 2.45) is 0 Å². The number of aliphatic carboxylic acids is 1. The second kappa shape index (κ2) is 6.13. The summed E-state index contributed by atoms with van der Waals surface area (Å²) in [6, 6.07) is 7.51. The molecule has 3 rings (SSSR count). The Labute approximate surface area is 142 Å². The number of aryl methyl sites for hydroxylation is 2. The van der Waals surface area contributed by atoms with E-state index in [1.807, 2.05) is 36.6 Å². The van der Waals surface area contributed by atoms with Crippen molar-refractivity contribution in [1.82, 2.24) is 14.3 Å². The first-order chi connectivity index (χ1) is 11.4. The Bertz CT molecular complexity index is 1000. The Morgan fingerprint density at radius 3 is 2.71 bits per heavy atom. The lowest BCUT2D eigenvalue weighted by Gasteiger charge is -2.09. The van der Waals surface area contributed by atoms with Gasteiger partial charge < -0.3 is 14.5 Å². The van der Waals surface area contributed by atoms with Crippen molar-refractivity contribution in [3.05, 3.63) is 62.8 Å². The minimum Gasteiger partial charge on any atom is -0.548 e. The molecule has 0 aliphatic heterocycles. The lowest BCUT2D eigenvalue weighted by atomic mass is 10.2. The zero-order chi connectivity index (χ0) is 17.4. The van der Waals surface area contributed by atoms with Gasteiger partial charge in [0.25, 0.3) is 5.56 Å². The Kier molecular flexibility index (Phi) is 4.15. The molecule has 0 fully saturated rings. The van der Waals surface area contributed by atoms with E-state index in [0.29, 0.717) is 22.3 Å². The minimum absolute atomic E-state index is 0.429. The molecule has 24 heavy (non-hydrogen) atoms. The van der Waals surface area contributed by atoms with Crippen LogP contribution in [0.15, 0.2) is 35.3 Å². The number of benzene rings is 1. The molecule has 0 saturated carbocycles. The van der Waals surface area contributed by atoms with Crippen LogP contribution in [0.5, 0.6) is 0 Å². The van der Waals surface area contributed by atoms with Gasteiger partial charge in [0, 0.05) is 28.3 Å². The van der Waals surface area contributed by atoms with Gasteiger partial charge in [0.1, 0.15) is 0 Å². The highest BCUT2D eigenvalue weighted by molar-refractivity contribution is 6.30. The first-order valence-corrected chi connectivity index (χ1v) is 7.76. The first kappa shape index (κ1) is 16.3. The summed E-state index contributed by atoms with van der Waals surface area (Å²) < 4.78 is 2.91. The van der Waals surface area contributed by atoms with Crippen molar-refractivity contribution in [3.63, 3.8) is 0 Å². The number of hydrogen-bond acceptors (Lipinski definition) is 4. The molecule has 0 N–H and O–H groups in total. The topological polar surface area (TPSA) is 80.0 Å². The maximum absolute atomic E-state index is 12.5. The van der Waals surface area contributed by atoms with Crippen LogP contribution in [0.2, 0.25) is 5.02 Å². The van der Waals surface area contributed by atoms with E-state index >= 15 is 0 Å². The number of nitrogens with zero attached hydrogens (tertiary/aromatic N) is 3. The molecule has 0 unspecified atom stereocenters. The Hall–Kier alpha value is -2.60. The molecule has 3 aromatic rings. The number of carbonyl (C=O) groups excluding carboxylic acids is 1. The number of halogens is 1. The van der Waals surface area contributed by atoms with Gasteiger partial charge in [-0.25, -0.2) is 4.68 Å². The third-order valence-corrected chi connectivity index (χ3v) is 4.35. The third-order valence-electron chi connectivity index (χ3n) is 4.11. The maximum Gasteiger partial charge on any atom is 0.276 e. The zero-order valence-electron chi connectivity index (χ0n) is 13.2. The molecule has 124 valence electrons. The van der Waals surface area contributed by atoms with Crippen molar-refractivity contribution < 1.29 is 9.90 Å². The molecule has 2 aromatic heterocycles. The summed E-state index contributed by atoms with van der Waals surface area (Å²) in [6.45, 7) is 3.74. The summed E-state index contributed by atoms with van der Waals surface area (Å²) in [5, 5.41) is 16.5. The average Bonchev–Trinajstić information content (AvgIpc) is 2.75. The lowest BCUT2D eigenvalue weighted by Crippen LogP contribution is -2.34.